The first-order valence-corrected chi connectivity index (χ1v) is 7.02. The lowest BCUT2D eigenvalue weighted by Crippen LogP contribution is -2.41. The molecule has 2 N–H and O–H groups in total. The molecule has 0 aromatic heterocycles. The predicted octanol–water partition coefficient (Wildman–Crippen LogP) is 2.24. The van der Waals surface area contributed by atoms with Crippen LogP contribution in [0.5, 0.6) is 5.75 Å². The number of nitrogens with one attached hydrogen (secondary N) is 2. The summed E-state index contributed by atoms with van der Waals surface area (Å²) in [6.07, 6.45) is 1.94. The molecule has 1 aliphatic heterocycles. The summed E-state index contributed by atoms with van der Waals surface area (Å²) in [7, 11) is 0. The number of benzene rings is 1. The Labute approximate surface area is 122 Å². The number of halogens is 2. The molecule has 0 bridgehead atoms. The van der Waals surface area contributed by atoms with E-state index in [2.05, 4.69) is 10.6 Å². The third-order valence-corrected chi connectivity index (χ3v) is 3.75. The highest BCUT2D eigenvalue weighted by Crippen LogP contribution is 2.31. The molecule has 0 spiro atoms. The molecular weight excluding hydrogens is 287 g/mol. The van der Waals surface area contributed by atoms with Crippen LogP contribution in [0.1, 0.15) is 12.8 Å². The number of carbonyl (C=O) groups is 1. The van der Waals surface area contributed by atoms with Crippen molar-refractivity contribution in [1.82, 2.24) is 10.6 Å². The normalized spacial score (nSPS) is 18.3. The molecule has 0 saturated carbocycles. The molecular formula is C13H16Cl2N2O2. The van der Waals surface area contributed by atoms with Crippen LogP contribution in [0.4, 0.5) is 0 Å². The van der Waals surface area contributed by atoms with Crippen molar-refractivity contribution in [1.29, 1.82) is 0 Å². The smallest absolute Gasteiger partial charge is 0.237 e. The van der Waals surface area contributed by atoms with Crippen molar-refractivity contribution < 1.29 is 9.53 Å². The Morgan fingerprint density at radius 2 is 2.32 bits per heavy atom. The van der Waals surface area contributed by atoms with Crippen LogP contribution in [0.3, 0.4) is 0 Å². The monoisotopic (exact) mass is 302 g/mol. The first-order chi connectivity index (χ1) is 9.18. The summed E-state index contributed by atoms with van der Waals surface area (Å²) in [5, 5.41) is 6.82. The summed E-state index contributed by atoms with van der Waals surface area (Å²) in [4.78, 5) is 11.7. The Hall–Kier alpha value is -0.970. The van der Waals surface area contributed by atoms with Gasteiger partial charge in [-0.05, 0) is 31.5 Å². The summed E-state index contributed by atoms with van der Waals surface area (Å²) in [6, 6.07) is 5.15. The second-order valence-electron chi connectivity index (χ2n) is 4.34. The minimum atomic E-state index is -0.0604. The van der Waals surface area contributed by atoms with Crippen molar-refractivity contribution in [2.24, 2.45) is 0 Å². The molecule has 1 fully saturated rings. The first-order valence-electron chi connectivity index (χ1n) is 6.26. The van der Waals surface area contributed by atoms with Gasteiger partial charge in [-0.3, -0.25) is 4.79 Å². The van der Waals surface area contributed by atoms with Gasteiger partial charge in [0.2, 0.25) is 5.91 Å². The van der Waals surface area contributed by atoms with Crippen LogP contribution in [-0.2, 0) is 4.79 Å². The third-order valence-electron chi connectivity index (χ3n) is 2.95. The Balaban J connectivity index is 1.71. The lowest BCUT2D eigenvalue weighted by atomic mass is 10.2. The van der Waals surface area contributed by atoms with E-state index < -0.39 is 0 Å². The van der Waals surface area contributed by atoms with E-state index in [1.807, 2.05) is 0 Å². The second kappa shape index (κ2) is 6.98. The van der Waals surface area contributed by atoms with E-state index in [1.54, 1.807) is 18.2 Å². The molecule has 0 radical (unpaired) electrons. The van der Waals surface area contributed by atoms with Gasteiger partial charge in [-0.1, -0.05) is 29.3 Å². The fourth-order valence-corrected chi connectivity index (χ4v) is 2.31. The van der Waals surface area contributed by atoms with Gasteiger partial charge in [-0.15, -0.1) is 0 Å². The highest BCUT2D eigenvalue weighted by atomic mass is 35.5. The molecule has 19 heavy (non-hydrogen) atoms. The van der Waals surface area contributed by atoms with E-state index in [0.29, 0.717) is 28.9 Å². The van der Waals surface area contributed by atoms with Crippen molar-refractivity contribution in [3.8, 4) is 5.75 Å². The SMILES string of the molecule is O=C(NCCOc1cccc(Cl)c1Cl)[C@@H]1CCCN1. The zero-order valence-corrected chi connectivity index (χ0v) is 11.9. The van der Waals surface area contributed by atoms with E-state index in [0.717, 1.165) is 19.4 Å². The summed E-state index contributed by atoms with van der Waals surface area (Å²) < 4.78 is 5.48. The standard InChI is InChI=1S/C13H16Cl2N2O2/c14-9-3-1-5-11(12(9)15)19-8-7-17-13(18)10-4-2-6-16-10/h1,3,5,10,16H,2,4,6-8H2,(H,17,18)/t10-/m0/s1. The van der Waals surface area contributed by atoms with Gasteiger partial charge in [0.25, 0.3) is 0 Å². The van der Waals surface area contributed by atoms with Crippen LogP contribution < -0.4 is 15.4 Å². The minimum absolute atomic E-state index is 0.0262. The van der Waals surface area contributed by atoms with Crippen molar-refractivity contribution in [3.63, 3.8) is 0 Å². The third kappa shape index (κ3) is 4.00. The number of ether oxygens (including phenoxy) is 1. The van der Waals surface area contributed by atoms with E-state index in [9.17, 15) is 4.79 Å². The number of carbonyl (C=O) groups excluding carboxylic acids is 1. The Kier molecular flexibility index (Phi) is 5.31. The zero-order chi connectivity index (χ0) is 13.7. The second-order valence-corrected chi connectivity index (χ2v) is 5.13. The van der Waals surface area contributed by atoms with E-state index in [-0.39, 0.29) is 11.9 Å². The summed E-state index contributed by atoms with van der Waals surface area (Å²) in [6.45, 7) is 1.71. The van der Waals surface area contributed by atoms with Gasteiger partial charge >= 0.3 is 0 Å². The number of hydrogen-bond acceptors (Lipinski definition) is 3. The van der Waals surface area contributed by atoms with Crippen LogP contribution in [0.15, 0.2) is 18.2 Å². The Morgan fingerprint density at radius 1 is 1.47 bits per heavy atom. The van der Waals surface area contributed by atoms with E-state index >= 15 is 0 Å². The van der Waals surface area contributed by atoms with Gasteiger partial charge in [-0.2, -0.15) is 0 Å². The fraction of sp³-hybridized carbons (Fsp3) is 0.462. The zero-order valence-electron chi connectivity index (χ0n) is 10.4. The Bertz CT molecular complexity index is 448. The average molecular weight is 303 g/mol. The predicted molar refractivity (Wildman–Crippen MR) is 76.0 cm³/mol. The van der Waals surface area contributed by atoms with Crippen molar-refractivity contribution in [3.05, 3.63) is 28.2 Å². The van der Waals surface area contributed by atoms with Crippen LogP contribution in [0, 0.1) is 0 Å². The Morgan fingerprint density at radius 3 is 3.05 bits per heavy atom. The summed E-state index contributed by atoms with van der Waals surface area (Å²) in [5.74, 6) is 0.556. The van der Waals surface area contributed by atoms with Gasteiger partial charge in [0.15, 0.2) is 0 Å². The van der Waals surface area contributed by atoms with Crippen molar-refractivity contribution in [2.45, 2.75) is 18.9 Å². The summed E-state index contributed by atoms with van der Waals surface area (Å²) >= 11 is 11.9. The maximum atomic E-state index is 11.7. The van der Waals surface area contributed by atoms with Crippen LogP contribution in [0.2, 0.25) is 10.0 Å². The number of hydrogen-bond donors (Lipinski definition) is 2. The van der Waals surface area contributed by atoms with Gasteiger partial charge in [0.1, 0.15) is 17.4 Å². The van der Waals surface area contributed by atoms with Crippen LogP contribution in [0.25, 0.3) is 0 Å². The van der Waals surface area contributed by atoms with Gasteiger partial charge in [0.05, 0.1) is 17.6 Å². The lowest BCUT2D eigenvalue weighted by molar-refractivity contribution is -0.122. The maximum Gasteiger partial charge on any atom is 0.237 e. The molecule has 2 rings (SSSR count). The highest BCUT2D eigenvalue weighted by molar-refractivity contribution is 6.42. The molecule has 6 heteroatoms. The molecule has 1 aromatic carbocycles. The molecule has 0 unspecified atom stereocenters. The molecule has 104 valence electrons. The van der Waals surface area contributed by atoms with Crippen molar-refractivity contribution >= 4 is 29.1 Å². The molecule has 1 saturated heterocycles. The molecule has 1 atom stereocenters. The van der Waals surface area contributed by atoms with Gasteiger partial charge < -0.3 is 15.4 Å². The molecule has 1 heterocycles. The van der Waals surface area contributed by atoms with Gasteiger partial charge in [0, 0.05) is 0 Å². The molecule has 1 aliphatic rings. The molecule has 1 amide bonds. The lowest BCUT2D eigenvalue weighted by Gasteiger charge is -2.12. The average Bonchev–Trinajstić information content (AvgIpc) is 2.93. The molecule has 0 aliphatic carbocycles. The van der Waals surface area contributed by atoms with Crippen molar-refractivity contribution in [2.75, 3.05) is 19.7 Å². The largest absolute Gasteiger partial charge is 0.490 e. The summed E-state index contributed by atoms with van der Waals surface area (Å²) in [5.41, 5.74) is 0. The van der Waals surface area contributed by atoms with Gasteiger partial charge in [-0.25, -0.2) is 0 Å². The highest BCUT2D eigenvalue weighted by Gasteiger charge is 2.21. The van der Waals surface area contributed by atoms with E-state index in [4.69, 9.17) is 27.9 Å². The maximum absolute atomic E-state index is 11.7. The van der Waals surface area contributed by atoms with Crippen LogP contribution in [-0.4, -0.2) is 31.6 Å². The molecule has 1 aromatic rings. The number of amides is 1. The van der Waals surface area contributed by atoms with E-state index in [1.165, 1.54) is 0 Å². The number of rotatable bonds is 5. The van der Waals surface area contributed by atoms with Crippen LogP contribution >= 0.6 is 23.2 Å². The topological polar surface area (TPSA) is 50.4 Å². The fourth-order valence-electron chi connectivity index (χ4n) is 1.96. The molecule has 4 nitrogen and oxygen atoms in total. The quantitative estimate of drug-likeness (QED) is 0.820. The minimum Gasteiger partial charge on any atom is -0.490 e. The first kappa shape index (κ1) is 14.4.